The van der Waals surface area contributed by atoms with E-state index in [1.165, 1.54) is 0 Å². The number of hydrogen-bond acceptors (Lipinski definition) is 1. The van der Waals surface area contributed by atoms with Crippen molar-refractivity contribution in [1.82, 2.24) is 0 Å². The summed E-state index contributed by atoms with van der Waals surface area (Å²) in [6, 6.07) is 0. The average Bonchev–Trinajstić information content (AvgIpc) is 2.26. The van der Waals surface area contributed by atoms with Gasteiger partial charge in [-0.15, -0.1) is 0 Å². The maximum Gasteiger partial charge on any atom is 0.184 e. The topological polar surface area (TPSA) is 17.1 Å². The fraction of sp³-hybridized carbons (Fsp3) is 0.643. The molecule has 1 rings (SSSR count). The second kappa shape index (κ2) is 6.60. The number of allylic oxidation sites excluding steroid dienone is 4. The lowest BCUT2D eigenvalue weighted by Gasteiger charge is -2.16. The predicted molar refractivity (Wildman–Crippen MR) is 64.8 cm³/mol. The number of carbonyl (C=O) groups excluding carboxylic acids is 1. The Morgan fingerprint density at radius 1 is 1.00 bits per heavy atom. The summed E-state index contributed by atoms with van der Waals surface area (Å²) in [5.41, 5.74) is 2.12. The van der Waals surface area contributed by atoms with Gasteiger partial charge in [-0.2, -0.15) is 0 Å². The van der Waals surface area contributed by atoms with E-state index < -0.39 is 0 Å². The molecular weight excluding hydrogens is 184 g/mol. The highest BCUT2D eigenvalue weighted by Crippen LogP contribution is 2.25. The van der Waals surface area contributed by atoms with Crippen molar-refractivity contribution in [3.63, 3.8) is 0 Å². The van der Waals surface area contributed by atoms with Crippen molar-refractivity contribution >= 4 is 5.78 Å². The van der Waals surface area contributed by atoms with Crippen LogP contribution in [-0.4, -0.2) is 5.78 Å². The summed E-state index contributed by atoms with van der Waals surface area (Å²) < 4.78 is 0. The summed E-state index contributed by atoms with van der Waals surface area (Å²) >= 11 is 0. The lowest BCUT2D eigenvalue weighted by atomic mass is 9.87. The predicted octanol–water partition coefficient (Wildman–Crippen LogP) is 4.19. The number of unbranched alkanes of at least 4 members (excludes halogenated alkanes) is 2. The van der Waals surface area contributed by atoms with Gasteiger partial charge in [0.15, 0.2) is 5.78 Å². The van der Waals surface area contributed by atoms with Crippen LogP contribution in [0.2, 0.25) is 0 Å². The van der Waals surface area contributed by atoms with Crippen molar-refractivity contribution < 1.29 is 4.79 Å². The second-order valence-electron chi connectivity index (χ2n) is 4.22. The van der Waals surface area contributed by atoms with Crippen molar-refractivity contribution in [3.05, 3.63) is 23.3 Å². The van der Waals surface area contributed by atoms with Gasteiger partial charge in [-0.3, -0.25) is 4.79 Å². The van der Waals surface area contributed by atoms with Gasteiger partial charge in [0.05, 0.1) is 0 Å². The van der Waals surface area contributed by atoms with Crippen LogP contribution in [0.25, 0.3) is 0 Å². The molecule has 0 aromatic carbocycles. The third kappa shape index (κ3) is 3.65. The highest BCUT2D eigenvalue weighted by atomic mass is 16.1. The van der Waals surface area contributed by atoms with Gasteiger partial charge in [-0.05, 0) is 43.3 Å². The van der Waals surface area contributed by atoms with Crippen LogP contribution < -0.4 is 0 Å². The van der Waals surface area contributed by atoms with E-state index in [0.29, 0.717) is 5.78 Å². The molecule has 84 valence electrons. The van der Waals surface area contributed by atoms with Crippen LogP contribution in [0.15, 0.2) is 23.3 Å². The van der Waals surface area contributed by atoms with E-state index in [0.717, 1.165) is 56.1 Å². The van der Waals surface area contributed by atoms with Crippen LogP contribution in [0, 0.1) is 0 Å². The minimum atomic E-state index is 0.322. The van der Waals surface area contributed by atoms with Crippen LogP contribution in [0.5, 0.6) is 0 Å². The van der Waals surface area contributed by atoms with Crippen molar-refractivity contribution in [3.8, 4) is 0 Å². The number of Topliss-reactive ketones (excluding diaryl/α,β-unsaturated/α-hetero) is 1. The molecule has 0 amide bonds. The largest absolute Gasteiger partial charge is 0.289 e. The summed E-state index contributed by atoms with van der Waals surface area (Å²) in [5, 5.41) is 0. The normalized spacial score (nSPS) is 22.7. The van der Waals surface area contributed by atoms with E-state index in [2.05, 4.69) is 26.0 Å². The maximum absolute atomic E-state index is 12.0. The molecule has 0 N–H and O–H groups in total. The zero-order valence-corrected chi connectivity index (χ0v) is 10.0. The molecule has 0 atom stereocenters. The Balaban J connectivity index is 2.66. The molecule has 1 heteroatoms. The van der Waals surface area contributed by atoms with Crippen LogP contribution in [-0.2, 0) is 4.79 Å². The van der Waals surface area contributed by atoms with Gasteiger partial charge in [0.25, 0.3) is 0 Å². The molecule has 0 bridgehead atoms. The first kappa shape index (κ1) is 12.2. The molecule has 0 aromatic heterocycles. The molecule has 15 heavy (non-hydrogen) atoms. The van der Waals surface area contributed by atoms with Gasteiger partial charge < -0.3 is 0 Å². The summed E-state index contributed by atoms with van der Waals surface area (Å²) in [6.07, 6.45) is 11.8. The maximum atomic E-state index is 12.0. The number of rotatable bonds is 4. The molecule has 1 fully saturated rings. The molecule has 1 nitrogen and oxygen atoms in total. The van der Waals surface area contributed by atoms with Gasteiger partial charge >= 0.3 is 0 Å². The number of ketones is 1. The van der Waals surface area contributed by atoms with Crippen molar-refractivity contribution in [2.45, 2.75) is 58.8 Å². The Kier molecular flexibility index (Phi) is 5.38. The molecule has 0 saturated heterocycles. The minimum Gasteiger partial charge on any atom is -0.289 e. The molecule has 0 aliphatic heterocycles. The first-order valence-electron chi connectivity index (χ1n) is 6.22. The Labute approximate surface area is 93.3 Å². The van der Waals surface area contributed by atoms with Gasteiger partial charge in [-0.25, -0.2) is 0 Å². The third-order valence-corrected chi connectivity index (χ3v) is 2.83. The fourth-order valence-electron chi connectivity index (χ4n) is 1.93. The summed E-state index contributed by atoms with van der Waals surface area (Å²) in [5.74, 6) is 0.322. The number of hydrogen-bond donors (Lipinski definition) is 0. The lowest BCUT2D eigenvalue weighted by Crippen LogP contribution is -2.12. The van der Waals surface area contributed by atoms with E-state index in [1.807, 2.05) is 0 Å². The first-order valence-corrected chi connectivity index (χ1v) is 6.22. The summed E-state index contributed by atoms with van der Waals surface area (Å²) in [7, 11) is 0. The quantitative estimate of drug-likeness (QED) is 0.630. The number of carbonyl (C=O) groups is 1. The molecule has 1 aliphatic carbocycles. The molecule has 0 spiro atoms. The molecule has 0 unspecified atom stereocenters. The van der Waals surface area contributed by atoms with Gasteiger partial charge in [-0.1, -0.05) is 38.8 Å². The smallest absolute Gasteiger partial charge is 0.184 e. The van der Waals surface area contributed by atoms with Crippen LogP contribution in [0.1, 0.15) is 58.8 Å². The highest BCUT2D eigenvalue weighted by molar-refractivity contribution is 6.08. The van der Waals surface area contributed by atoms with E-state index >= 15 is 0 Å². The zero-order chi connectivity index (χ0) is 11.1. The molecule has 0 radical (unpaired) electrons. The Bertz CT molecular complexity index is 245. The van der Waals surface area contributed by atoms with Crippen LogP contribution >= 0.6 is 0 Å². The molecule has 0 heterocycles. The Hall–Kier alpha value is -0.850. The first-order chi connectivity index (χ1) is 7.29. The van der Waals surface area contributed by atoms with Crippen LogP contribution in [0.3, 0.4) is 0 Å². The zero-order valence-electron chi connectivity index (χ0n) is 10.0. The van der Waals surface area contributed by atoms with Crippen molar-refractivity contribution in [1.29, 1.82) is 0 Å². The molecule has 1 aliphatic rings. The molecular formula is C14H22O. The standard InChI is InChI=1S/C14H22O/c1-3-5-8-12-10-7-11-13(14(12)15)9-6-4-2/h8-9H,3-7,10-11H2,1-2H3. The van der Waals surface area contributed by atoms with E-state index in [9.17, 15) is 4.79 Å². The van der Waals surface area contributed by atoms with Crippen molar-refractivity contribution in [2.75, 3.05) is 0 Å². The SMILES string of the molecule is CCCC=C1CCCC(=CCCC)C1=O. The van der Waals surface area contributed by atoms with E-state index in [-0.39, 0.29) is 0 Å². The Morgan fingerprint density at radius 2 is 1.47 bits per heavy atom. The molecule has 1 saturated carbocycles. The van der Waals surface area contributed by atoms with E-state index in [4.69, 9.17) is 0 Å². The molecule has 0 aromatic rings. The highest BCUT2D eigenvalue weighted by Gasteiger charge is 2.19. The minimum absolute atomic E-state index is 0.322. The second-order valence-corrected chi connectivity index (χ2v) is 4.22. The summed E-state index contributed by atoms with van der Waals surface area (Å²) in [6.45, 7) is 4.30. The average molecular weight is 206 g/mol. The third-order valence-electron chi connectivity index (χ3n) is 2.83. The van der Waals surface area contributed by atoms with Crippen LogP contribution in [0.4, 0.5) is 0 Å². The van der Waals surface area contributed by atoms with E-state index in [1.54, 1.807) is 0 Å². The van der Waals surface area contributed by atoms with Gasteiger partial charge in [0.2, 0.25) is 0 Å². The fourth-order valence-corrected chi connectivity index (χ4v) is 1.93. The van der Waals surface area contributed by atoms with Crippen molar-refractivity contribution in [2.24, 2.45) is 0 Å². The van der Waals surface area contributed by atoms with Gasteiger partial charge in [0.1, 0.15) is 0 Å². The lowest BCUT2D eigenvalue weighted by molar-refractivity contribution is -0.113. The summed E-state index contributed by atoms with van der Waals surface area (Å²) in [4.78, 5) is 12.0. The van der Waals surface area contributed by atoms with Gasteiger partial charge in [0, 0.05) is 0 Å². The monoisotopic (exact) mass is 206 g/mol. The Morgan fingerprint density at radius 3 is 1.87 bits per heavy atom.